The molecule has 0 fully saturated rings. The molecular formula is C15H20N2O2. The van der Waals surface area contributed by atoms with Crippen molar-refractivity contribution in [3.05, 3.63) is 24.3 Å². The van der Waals surface area contributed by atoms with Crippen molar-refractivity contribution in [3.8, 4) is 11.8 Å². The van der Waals surface area contributed by atoms with Gasteiger partial charge in [-0.05, 0) is 18.6 Å². The van der Waals surface area contributed by atoms with E-state index in [-0.39, 0.29) is 12.5 Å². The predicted octanol–water partition coefficient (Wildman–Crippen LogP) is 3.50. The smallest absolute Gasteiger partial charge is 0.224 e. The Labute approximate surface area is 114 Å². The summed E-state index contributed by atoms with van der Waals surface area (Å²) < 4.78 is 5.18. The maximum Gasteiger partial charge on any atom is 0.224 e. The van der Waals surface area contributed by atoms with Gasteiger partial charge >= 0.3 is 0 Å². The van der Waals surface area contributed by atoms with Crippen LogP contribution in [0.2, 0.25) is 0 Å². The fraction of sp³-hybridized carbons (Fsp3) is 0.467. The third-order valence-corrected chi connectivity index (χ3v) is 2.68. The van der Waals surface area contributed by atoms with Crippen molar-refractivity contribution in [2.24, 2.45) is 0 Å². The van der Waals surface area contributed by atoms with Crippen LogP contribution in [0.4, 0.5) is 5.69 Å². The summed E-state index contributed by atoms with van der Waals surface area (Å²) in [6.45, 7) is 2.15. The van der Waals surface area contributed by atoms with E-state index in [0.29, 0.717) is 17.9 Å². The maximum atomic E-state index is 11.7. The largest absolute Gasteiger partial charge is 0.479 e. The second-order valence-electron chi connectivity index (χ2n) is 4.33. The Kier molecular flexibility index (Phi) is 7.11. The lowest BCUT2D eigenvalue weighted by Crippen LogP contribution is -2.11. The van der Waals surface area contributed by atoms with Crippen LogP contribution in [0.25, 0.3) is 0 Å². The third kappa shape index (κ3) is 6.46. The van der Waals surface area contributed by atoms with Gasteiger partial charge in [0.25, 0.3) is 0 Å². The number of nitriles is 1. The van der Waals surface area contributed by atoms with Crippen molar-refractivity contribution >= 4 is 11.6 Å². The number of carbonyl (C=O) groups is 1. The van der Waals surface area contributed by atoms with E-state index in [0.717, 1.165) is 12.8 Å². The minimum atomic E-state index is 0.00835. The van der Waals surface area contributed by atoms with Crippen molar-refractivity contribution in [3.63, 3.8) is 0 Å². The van der Waals surface area contributed by atoms with Gasteiger partial charge in [-0.15, -0.1) is 0 Å². The van der Waals surface area contributed by atoms with E-state index in [2.05, 4.69) is 12.2 Å². The standard InChI is InChI=1S/C15H20N2O2/c1-2-3-4-5-9-15(18)17-13-7-6-8-14(12-13)19-11-10-16/h6-8,12H,2-5,9,11H2,1H3,(H,17,18). The molecule has 19 heavy (non-hydrogen) atoms. The first-order valence-electron chi connectivity index (χ1n) is 6.66. The lowest BCUT2D eigenvalue weighted by atomic mass is 10.1. The van der Waals surface area contributed by atoms with E-state index in [1.807, 2.05) is 12.1 Å². The topological polar surface area (TPSA) is 62.1 Å². The molecule has 0 saturated heterocycles. The van der Waals surface area contributed by atoms with Crippen LogP contribution >= 0.6 is 0 Å². The Morgan fingerprint density at radius 1 is 1.37 bits per heavy atom. The zero-order chi connectivity index (χ0) is 13.9. The number of carbonyl (C=O) groups excluding carboxylic acids is 1. The van der Waals surface area contributed by atoms with Crippen LogP contribution in [0.5, 0.6) is 5.75 Å². The van der Waals surface area contributed by atoms with Gasteiger partial charge in [-0.1, -0.05) is 32.3 Å². The number of amides is 1. The molecule has 4 heteroatoms. The lowest BCUT2D eigenvalue weighted by Gasteiger charge is -2.07. The molecule has 0 atom stereocenters. The molecule has 0 heterocycles. The number of hydrogen-bond donors (Lipinski definition) is 1. The van der Waals surface area contributed by atoms with E-state index >= 15 is 0 Å². The molecule has 0 radical (unpaired) electrons. The number of benzene rings is 1. The minimum absolute atomic E-state index is 0.00835. The van der Waals surface area contributed by atoms with Crippen LogP contribution in [-0.2, 0) is 4.79 Å². The van der Waals surface area contributed by atoms with Crippen LogP contribution in [-0.4, -0.2) is 12.5 Å². The summed E-state index contributed by atoms with van der Waals surface area (Å²) in [4.78, 5) is 11.7. The highest BCUT2D eigenvalue weighted by molar-refractivity contribution is 5.90. The van der Waals surface area contributed by atoms with Crippen LogP contribution in [0, 0.1) is 11.3 Å². The van der Waals surface area contributed by atoms with Crippen LogP contribution in [0.15, 0.2) is 24.3 Å². The fourth-order valence-corrected chi connectivity index (χ4v) is 1.72. The van der Waals surface area contributed by atoms with E-state index in [1.165, 1.54) is 12.8 Å². The highest BCUT2D eigenvalue weighted by Crippen LogP contribution is 2.17. The zero-order valence-corrected chi connectivity index (χ0v) is 11.3. The molecule has 1 aromatic rings. The van der Waals surface area contributed by atoms with E-state index in [4.69, 9.17) is 10.00 Å². The summed E-state index contributed by atoms with van der Waals surface area (Å²) in [6.07, 6.45) is 4.90. The molecule has 1 aromatic carbocycles. The predicted molar refractivity (Wildman–Crippen MR) is 74.9 cm³/mol. The molecule has 1 rings (SSSR count). The van der Waals surface area contributed by atoms with Gasteiger partial charge in [0.15, 0.2) is 6.61 Å². The summed E-state index contributed by atoms with van der Waals surface area (Å²) in [5, 5.41) is 11.3. The van der Waals surface area contributed by atoms with Crippen LogP contribution in [0.1, 0.15) is 39.0 Å². The van der Waals surface area contributed by atoms with E-state index in [9.17, 15) is 4.79 Å². The zero-order valence-electron chi connectivity index (χ0n) is 11.3. The molecule has 0 saturated carbocycles. The highest BCUT2D eigenvalue weighted by Gasteiger charge is 2.03. The number of ether oxygens (including phenoxy) is 1. The number of hydrogen-bond acceptors (Lipinski definition) is 3. The molecule has 1 N–H and O–H groups in total. The van der Waals surface area contributed by atoms with Gasteiger partial charge in [-0.3, -0.25) is 4.79 Å². The van der Waals surface area contributed by atoms with E-state index < -0.39 is 0 Å². The highest BCUT2D eigenvalue weighted by atomic mass is 16.5. The van der Waals surface area contributed by atoms with Crippen molar-refractivity contribution in [2.45, 2.75) is 39.0 Å². The average molecular weight is 260 g/mol. The molecule has 102 valence electrons. The van der Waals surface area contributed by atoms with Gasteiger partial charge in [0, 0.05) is 18.2 Å². The van der Waals surface area contributed by atoms with Crippen molar-refractivity contribution in [1.82, 2.24) is 0 Å². The van der Waals surface area contributed by atoms with Gasteiger partial charge in [-0.25, -0.2) is 0 Å². The molecule has 1 amide bonds. The number of anilines is 1. The van der Waals surface area contributed by atoms with Gasteiger partial charge < -0.3 is 10.1 Å². The Balaban J connectivity index is 2.39. The van der Waals surface area contributed by atoms with Crippen molar-refractivity contribution in [1.29, 1.82) is 5.26 Å². The van der Waals surface area contributed by atoms with Gasteiger partial charge in [-0.2, -0.15) is 5.26 Å². The number of unbranched alkanes of at least 4 members (excludes halogenated alkanes) is 3. The summed E-state index contributed by atoms with van der Waals surface area (Å²) in [6, 6.07) is 8.99. The molecule has 0 bridgehead atoms. The van der Waals surface area contributed by atoms with Gasteiger partial charge in [0.2, 0.25) is 5.91 Å². The molecule has 4 nitrogen and oxygen atoms in total. The summed E-state index contributed by atoms with van der Waals surface area (Å²) >= 11 is 0. The molecule has 0 aliphatic carbocycles. The molecule has 0 spiro atoms. The van der Waals surface area contributed by atoms with Crippen LogP contribution < -0.4 is 10.1 Å². The van der Waals surface area contributed by atoms with Gasteiger partial charge in [0.1, 0.15) is 11.8 Å². The SMILES string of the molecule is CCCCCCC(=O)Nc1cccc(OCC#N)c1. The summed E-state index contributed by atoms with van der Waals surface area (Å²) in [5.41, 5.74) is 0.705. The Morgan fingerprint density at radius 3 is 2.95 bits per heavy atom. The molecule has 0 aromatic heterocycles. The fourth-order valence-electron chi connectivity index (χ4n) is 1.72. The summed E-state index contributed by atoms with van der Waals surface area (Å²) in [7, 11) is 0. The first kappa shape index (κ1) is 15.0. The average Bonchev–Trinajstić information content (AvgIpc) is 2.42. The van der Waals surface area contributed by atoms with E-state index in [1.54, 1.807) is 18.2 Å². The molecule has 0 aliphatic heterocycles. The minimum Gasteiger partial charge on any atom is -0.479 e. The third-order valence-electron chi connectivity index (χ3n) is 2.68. The van der Waals surface area contributed by atoms with Gasteiger partial charge in [0.05, 0.1) is 0 Å². The number of nitrogens with zero attached hydrogens (tertiary/aromatic N) is 1. The lowest BCUT2D eigenvalue weighted by molar-refractivity contribution is -0.116. The molecule has 0 aliphatic rings. The number of nitrogens with one attached hydrogen (secondary N) is 1. The Morgan fingerprint density at radius 2 is 2.21 bits per heavy atom. The molecular weight excluding hydrogens is 240 g/mol. The van der Waals surface area contributed by atoms with Crippen molar-refractivity contribution < 1.29 is 9.53 Å². The Hall–Kier alpha value is -2.02. The second kappa shape index (κ2) is 8.98. The first-order valence-corrected chi connectivity index (χ1v) is 6.66. The van der Waals surface area contributed by atoms with Crippen LogP contribution in [0.3, 0.4) is 0 Å². The normalized spacial score (nSPS) is 9.68. The number of rotatable bonds is 8. The first-order chi connectivity index (χ1) is 9.26. The quantitative estimate of drug-likeness (QED) is 0.728. The Bertz CT molecular complexity index is 438. The molecule has 0 unspecified atom stereocenters. The monoisotopic (exact) mass is 260 g/mol. The second-order valence-corrected chi connectivity index (χ2v) is 4.33. The van der Waals surface area contributed by atoms with Crippen molar-refractivity contribution in [2.75, 3.05) is 11.9 Å². The summed E-state index contributed by atoms with van der Waals surface area (Å²) in [5.74, 6) is 0.610. The maximum absolute atomic E-state index is 11.7.